The maximum atomic E-state index is 5.71. The van der Waals surface area contributed by atoms with Crippen molar-refractivity contribution in [1.82, 2.24) is 0 Å². The molecule has 0 spiro atoms. The third-order valence-electron chi connectivity index (χ3n) is 2.53. The van der Waals surface area contributed by atoms with E-state index in [1.807, 2.05) is 42.5 Å². The number of hydrogen-bond acceptors (Lipinski definition) is 1. The second kappa shape index (κ2) is 6.14. The lowest BCUT2D eigenvalue weighted by Gasteiger charge is -2.07. The third-order valence-corrected chi connectivity index (χ3v) is 2.53. The van der Waals surface area contributed by atoms with Gasteiger partial charge in [0.25, 0.3) is 0 Å². The number of rotatable bonds is 3. The molecule has 0 fully saturated rings. The first-order valence-corrected chi connectivity index (χ1v) is 5.58. The van der Waals surface area contributed by atoms with E-state index in [0.29, 0.717) is 6.71 Å². The van der Waals surface area contributed by atoms with E-state index in [1.54, 1.807) is 0 Å². The zero-order valence-corrected chi connectivity index (χ0v) is 9.68. The van der Waals surface area contributed by atoms with Crippen LogP contribution in [0.5, 0.6) is 11.5 Å². The summed E-state index contributed by atoms with van der Waals surface area (Å²) in [6.07, 6.45) is 0. The van der Waals surface area contributed by atoms with Gasteiger partial charge in [-0.15, -0.1) is 0 Å². The number of para-hydroxylation sites is 1. The minimum atomic E-state index is 0. The Bertz CT molecular complexity index is 434. The summed E-state index contributed by atoms with van der Waals surface area (Å²) in [7, 11) is 0. The monoisotopic (exact) mass is 226 g/mol. The molecule has 17 heavy (non-hydrogen) atoms. The van der Waals surface area contributed by atoms with Crippen LogP contribution in [0, 0.1) is 0 Å². The van der Waals surface area contributed by atoms with Crippen LogP contribution in [0.3, 0.4) is 0 Å². The van der Waals surface area contributed by atoms with Gasteiger partial charge in [-0.2, -0.15) is 0 Å². The van der Waals surface area contributed by atoms with Gasteiger partial charge in [0, 0.05) is 0 Å². The number of benzene rings is 2. The van der Waals surface area contributed by atoms with Crippen LogP contribution in [0.4, 0.5) is 0 Å². The van der Waals surface area contributed by atoms with Crippen LogP contribution in [0.1, 0.15) is 7.43 Å². The maximum Gasteiger partial charge on any atom is 0.169 e. The van der Waals surface area contributed by atoms with E-state index in [-0.39, 0.29) is 7.43 Å². The van der Waals surface area contributed by atoms with Crippen molar-refractivity contribution in [1.29, 1.82) is 0 Å². The van der Waals surface area contributed by atoms with Gasteiger partial charge >= 0.3 is 0 Å². The van der Waals surface area contributed by atoms with E-state index >= 15 is 0 Å². The number of hydrogen-bond donors (Lipinski definition) is 0. The van der Waals surface area contributed by atoms with E-state index in [1.165, 1.54) is 5.46 Å². The summed E-state index contributed by atoms with van der Waals surface area (Å²) in [5, 5.41) is 0. The minimum absolute atomic E-state index is 0. The molecule has 0 N–H and O–H groups in total. The Balaban J connectivity index is 0.00000144. The van der Waals surface area contributed by atoms with Gasteiger partial charge in [-0.1, -0.05) is 56.9 Å². The Hall–Kier alpha value is -1.70. The Morgan fingerprint density at radius 2 is 1.29 bits per heavy atom. The fourth-order valence-electron chi connectivity index (χ4n) is 1.55. The largest absolute Gasteiger partial charge is 0.457 e. The van der Waals surface area contributed by atoms with Crippen molar-refractivity contribution in [3.8, 4) is 11.5 Å². The second-order valence-electron chi connectivity index (χ2n) is 4.14. The van der Waals surface area contributed by atoms with Crippen molar-refractivity contribution in [3.05, 3.63) is 54.6 Å². The van der Waals surface area contributed by atoms with E-state index in [9.17, 15) is 0 Å². The topological polar surface area (TPSA) is 9.23 Å². The summed E-state index contributed by atoms with van der Waals surface area (Å²) in [5.74, 6) is 1.76. The molecule has 2 rings (SSSR count). The zero-order chi connectivity index (χ0) is 11.4. The van der Waals surface area contributed by atoms with Gasteiger partial charge in [-0.05, 0) is 24.3 Å². The van der Waals surface area contributed by atoms with Crippen molar-refractivity contribution in [2.45, 2.75) is 21.1 Å². The van der Waals surface area contributed by atoms with Gasteiger partial charge in [-0.25, -0.2) is 0 Å². The minimum Gasteiger partial charge on any atom is -0.457 e. The molecule has 0 unspecified atom stereocenters. The summed E-state index contributed by atoms with van der Waals surface area (Å²) in [4.78, 5) is 0. The average molecular weight is 226 g/mol. The normalized spacial score (nSPS) is 9.29. The molecule has 0 aliphatic carbocycles. The summed E-state index contributed by atoms with van der Waals surface area (Å²) in [6, 6.07) is 18.1. The summed E-state index contributed by atoms with van der Waals surface area (Å²) in [6.45, 7) is 4.94. The highest BCUT2D eigenvalue weighted by atomic mass is 16.5. The molecule has 2 aromatic carbocycles. The van der Waals surface area contributed by atoms with Crippen LogP contribution in [-0.2, 0) is 0 Å². The Morgan fingerprint density at radius 1 is 0.765 bits per heavy atom. The molecule has 2 aromatic rings. The lowest BCUT2D eigenvalue weighted by atomic mass is 9.49. The fourth-order valence-corrected chi connectivity index (χ4v) is 1.55. The quantitative estimate of drug-likeness (QED) is 0.716. The molecule has 0 aromatic heterocycles. The first-order valence-electron chi connectivity index (χ1n) is 5.58. The predicted molar refractivity (Wildman–Crippen MR) is 76.8 cm³/mol. The van der Waals surface area contributed by atoms with Crippen molar-refractivity contribution < 1.29 is 4.74 Å². The van der Waals surface area contributed by atoms with Gasteiger partial charge in [0.15, 0.2) is 6.71 Å². The molecule has 1 nitrogen and oxygen atoms in total. The molecule has 0 aliphatic heterocycles. The Kier molecular flexibility index (Phi) is 4.83. The van der Waals surface area contributed by atoms with E-state index in [2.05, 4.69) is 25.8 Å². The molecule has 2 heteroatoms. The SMILES string of the molecule is C.CB(C)c1ccc(Oc2ccccc2)cc1. The lowest BCUT2D eigenvalue weighted by molar-refractivity contribution is 0.483. The van der Waals surface area contributed by atoms with Crippen molar-refractivity contribution in [2.75, 3.05) is 0 Å². The standard InChI is InChI=1S/C14H15BO.CH4/c1-15(2)12-8-10-14(11-9-12)16-13-6-4-3-5-7-13;/h3-11H,1-2H3;1H4. The second-order valence-corrected chi connectivity index (χ2v) is 4.14. The van der Waals surface area contributed by atoms with E-state index in [4.69, 9.17) is 4.74 Å². The number of ether oxygens (including phenoxy) is 1. The average Bonchev–Trinajstić information content (AvgIpc) is 2.31. The zero-order valence-electron chi connectivity index (χ0n) is 9.68. The molecule has 0 saturated carbocycles. The summed E-state index contributed by atoms with van der Waals surface area (Å²) < 4.78 is 5.71. The molecular weight excluding hydrogens is 207 g/mol. The van der Waals surface area contributed by atoms with Crippen LogP contribution in [0.2, 0.25) is 13.6 Å². The van der Waals surface area contributed by atoms with Crippen LogP contribution in [0.15, 0.2) is 54.6 Å². The highest BCUT2D eigenvalue weighted by molar-refractivity contribution is 6.70. The maximum absolute atomic E-state index is 5.71. The molecule has 0 bridgehead atoms. The van der Waals surface area contributed by atoms with Crippen LogP contribution >= 0.6 is 0 Å². The molecule has 88 valence electrons. The molecular formula is C15H19BO. The first kappa shape index (κ1) is 13.4. The predicted octanol–water partition coefficient (Wildman–Crippen LogP) is 4.08. The Morgan fingerprint density at radius 3 is 1.82 bits per heavy atom. The molecule has 0 radical (unpaired) electrons. The molecule has 0 aliphatic rings. The first-order chi connectivity index (χ1) is 7.75. The highest BCUT2D eigenvalue weighted by Gasteiger charge is 2.02. The van der Waals surface area contributed by atoms with Gasteiger partial charge in [-0.3, -0.25) is 0 Å². The van der Waals surface area contributed by atoms with Crippen LogP contribution < -0.4 is 10.2 Å². The van der Waals surface area contributed by atoms with Gasteiger partial charge < -0.3 is 4.74 Å². The molecule has 0 saturated heterocycles. The van der Waals surface area contributed by atoms with Gasteiger partial charge in [0.05, 0.1) is 0 Å². The lowest BCUT2D eigenvalue weighted by Crippen LogP contribution is -2.21. The van der Waals surface area contributed by atoms with Crippen molar-refractivity contribution in [2.24, 2.45) is 0 Å². The summed E-state index contributed by atoms with van der Waals surface area (Å²) >= 11 is 0. The third kappa shape index (κ3) is 3.67. The van der Waals surface area contributed by atoms with Gasteiger partial charge in [0.2, 0.25) is 0 Å². The Labute approximate surface area is 105 Å². The van der Waals surface area contributed by atoms with Crippen molar-refractivity contribution >= 4 is 12.2 Å². The molecule has 0 atom stereocenters. The van der Waals surface area contributed by atoms with Crippen LogP contribution in [-0.4, -0.2) is 6.71 Å². The fraction of sp³-hybridized carbons (Fsp3) is 0.200. The molecule has 0 amide bonds. The molecule has 0 heterocycles. The van der Waals surface area contributed by atoms with Crippen LogP contribution in [0.25, 0.3) is 0 Å². The van der Waals surface area contributed by atoms with E-state index < -0.39 is 0 Å². The van der Waals surface area contributed by atoms with Crippen molar-refractivity contribution in [3.63, 3.8) is 0 Å². The smallest absolute Gasteiger partial charge is 0.169 e. The van der Waals surface area contributed by atoms with E-state index in [0.717, 1.165) is 11.5 Å². The van der Waals surface area contributed by atoms with Gasteiger partial charge in [0.1, 0.15) is 11.5 Å². The summed E-state index contributed by atoms with van der Waals surface area (Å²) in [5.41, 5.74) is 1.33. The highest BCUT2D eigenvalue weighted by Crippen LogP contribution is 2.19.